The smallest absolute Gasteiger partial charge is 0.466 e. The summed E-state index contributed by atoms with van der Waals surface area (Å²) in [6.45, 7) is 2.87. The maximum absolute atomic E-state index is 11.0. The summed E-state index contributed by atoms with van der Waals surface area (Å²) in [5.41, 5.74) is 4.17. The van der Waals surface area contributed by atoms with Crippen molar-refractivity contribution in [3.63, 3.8) is 0 Å². The number of aliphatic carboxylic acids is 2. The molecule has 0 radical (unpaired) electrons. The number of unbranched alkanes of at least 4 members (excludes halogenated alkanes) is 2. The number of hydrogen-bond acceptors (Lipinski definition) is 6. The van der Waals surface area contributed by atoms with Gasteiger partial charge in [0.25, 0.3) is 0 Å². The van der Waals surface area contributed by atoms with E-state index >= 15 is 0 Å². The molecule has 14 heteroatoms. The van der Waals surface area contributed by atoms with Gasteiger partial charge in [-0.15, -0.1) is 0 Å². The SMILES string of the molecule is CCCCCNc1c[nH]c(C(CC(=O)O)C(=O)O)n1.NC=O.O=P(O)(O)O. The summed E-state index contributed by atoms with van der Waals surface area (Å²) < 4.78 is 8.88. The van der Waals surface area contributed by atoms with Crippen molar-refractivity contribution < 1.29 is 43.8 Å². The molecule has 13 nitrogen and oxygen atoms in total. The van der Waals surface area contributed by atoms with E-state index in [1.165, 1.54) is 0 Å². The standard InChI is InChI=1S/C12H19N3O4.CH3NO.H3O4P/c1-2-3-4-5-13-9-7-14-11(15-9)8(12(18)19)6-10(16)17;2-1-3;1-5(2,3)4/h7-8,13H,2-6H2,1H3,(H,14,15)(H,16,17)(H,18,19);1H,(H2,2,3);(H3,1,2,3,4). The monoisotopic (exact) mass is 412 g/mol. The number of phosphoric acid groups is 1. The van der Waals surface area contributed by atoms with Gasteiger partial charge in [0, 0.05) is 12.7 Å². The van der Waals surface area contributed by atoms with Crippen molar-refractivity contribution in [3.8, 4) is 0 Å². The molecule has 1 heterocycles. The van der Waals surface area contributed by atoms with E-state index < -0.39 is 32.1 Å². The number of carboxylic acids is 2. The van der Waals surface area contributed by atoms with E-state index in [-0.39, 0.29) is 12.2 Å². The van der Waals surface area contributed by atoms with E-state index in [0.29, 0.717) is 5.82 Å². The van der Waals surface area contributed by atoms with E-state index in [9.17, 15) is 9.59 Å². The zero-order valence-electron chi connectivity index (χ0n) is 14.6. The summed E-state index contributed by atoms with van der Waals surface area (Å²) in [6.07, 6.45) is 4.56. The minimum Gasteiger partial charge on any atom is -0.481 e. The highest BCUT2D eigenvalue weighted by Crippen LogP contribution is 2.25. The van der Waals surface area contributed by atoms with Gasteiger partial charge in [-0.2, -0.15) is 0 Å². The molecule has 0 aliphatic carbocycles. The summed E-state index contributed by atoms with van der Waals surface area (Å²) in [6, 6.07) is 0. The highest BCUT2D eigenvalue weighted by molar-refractivity contribution is 7.45. The minimum absolute atomic E-state index is 0.160. The maximum atomic E-state index is 11.0. The van der Waals surface area contributed by atoms with E-state index in [2.05, 4.69) is 27.9 Å². The Morgan fingerprint density at radius 3 is 2.26 bits per heavy atom. The molecule has 1 aromatic heterocycles. The lowest BCUT2D eigenvalue weighted by molar-refractivity contribution is -0.145. The van der Waals surface area contributed by atoms with E-state index in [0.717, 1.165) is 25.8 Å². The maximum Gasteiger partial charge on any atom is 0.466 e. The average molecular weight is 412 g/mol. The molecule has 1 amide bonds. The van der Waals surface area contributed by atoms with Gasteiger partial charge in [-0.05, 0) is 6.42 Å². The first-order valence-electron chi connectivity index (χ1n) is 7.63. The molecule has 0 aromatic carbocycles. The number of aromatic nitrogens is 2. The van der Waals surface area contributed by atoms with Crippen LogP contribution < -0.4 is 11.1 Å². The van der Waals surface area contributed by atoms with Crippen LogP contribution in [0.25, 0.3) is 0 Å². The quantitative estimate of drug-likeness (QED) is 0.150. The summed E-state index contributed by atoms with van der Waals surface area (Å²) in [5, 5.41) is 20.7. The van der Waals surface area contributed by atoms with Gasteiger partial charge < -0.3 is 40.9 Å². The molecule has 0 aliphatic rings. The van der Waals surface area contributed by atoms with E-state index in [1.54, 1.807) is 6.20 Å². The molecule has 0 saturated carbocycles. The van der Waals surface area contributed by atoms with Crippen molar-refractivity contribution in [1.82, 2.24) is 9.97 Å². The second-order valence-corrected chi connectivity index (χ2v) is 5.97. The Balaban J connectivity index is 0. The molecule has 1 rings (SSSR count). The number of carbonyl (C=O) groups excluding carboxylic acids is 1. The summed E-state index contributed by atoms with van der Waals surface area (Å²) in [4.78, 5) is 58.6. The topological polar surface area (TPSA) is 236 Å². The third kappa shape index (κ3) is 18.1. The third-order valence-corrected chi connectivity index (χ3v) is 2.69. The van der Waals surface area contributed by atoms with E-state index in [1.807, 2.05) is 0 Å². The molecular formula is C13H25N4O9P. The van der Waals surface area contributed by atoms with Crippen molar-refractivity contribution >= 4 is 32.0 Å². The summed E-state index contributed by atoms with van der Waals surface area (Å²) in [7, 11) is -4.64. The molecule has 27 heavy (non-hydrogen) atoms. The number of nitrogens with two attached hydrogens (primary N) is 1. The molecule has 156 valence electrons. The second-order valence-electron chi connectivity index (χ2n) is 4.94. The number of aromatic amines is 1. The van der Waals surface area contributed by atoms with Gasteiger partial charge in [0.2, 0.25) is 6.41 Å². The van der Waals surface area contributed by atoms with Crippen LogP contribution in [-0.2, 0) is 18.9 Å². The number of hydrogen-bond donors (Lipinski definition) is 8. The fraction of sp³-hybridized carbons (Fsp3) is 0.538. The first-order chi connectivity index (χ1) is 12.5. The molecule has 0 fully saturated rings. The first-order valence-corrected chi connectivity index (χ1v) is 9.20. The number of amides is 1. The van der Waals surface area contributed by atoms with Gasteiger partial charge in [-0.1, -0.05) is 19.8 Å². The molecular weight excluding hydrogens is 387 g/mol. The molecule has 1 unspecified atom stereocenters. The minimum atomic E-state index is -4.64. The number of nitrogens with one attached hydrogen (secondary N) is 2. The Morgan fingerprint density at radius 1 is 1.33 bits per heavy atom. The predicted molar refractivity (Wildman–Crippen MR) is 93.7 cm³/mol. The van der Waals surface area contributed by atoms with Crippen LogP contribution >= 0.6 is 7.82 Å². The van der Waals surface area contributed by atoms with Crippen molar-refractivity contribution in [2.75, 3.05) is 11.9 Å². The van der Waals surface area contributed by atoms with Crippen molar-refractivity contribution in [3.05, 3.63) is 12.0 Å². The van der Waals surface area contributed by atoms with E-state index in [4.69, 9.17) is 34.3 Å². The lowest BCUT2D eigenvalue weighted by Gasteiger charge is -2.06. The number of nitrogens with zero attached hydrogens (tertiary/aromatic N) is 1. The van der Waals surface area contributed by atoms with Gasteiger partial charge in [-0.25, -0.2) is 9.55 Å². The predicted octanol–water partition coefficient (Wildman–Crippen LogP) is -0.172. The zero-order chi connectivity index (χ0) is 21.5. The Hall–Kier alpha value is -2.47. The number of rotatable bonds is 9. The van der Waals surface area contributed by atoms with Crippen LogP contribution in [0.3, 0.4) is 0 Å². The van der Waals surface area contributed by atoms with Gasteiger partial charge >= 0.3 is 19.8 Å². The lowest BCUT2D eigenvalue weighted by atomic mass is 10.1. The molecule has 0 spiro atoms. The van der Waals surface area contributed by atoms with Crippen LogP contribution in [-0.4, -0.2) is 59.8 Å². The fourth-order valence-electron chi connectivity index (χ4n) is 1.67. The zero-order valence-corrected chi connectivity index (χ0v) is 15.5. The number of primary amides is 1. The summed E-state index contributed by atoms with van der Waals surface area (Å²) >= 11 is 0. The van der Waals surface area contributed by atoms with Gasteiger partial charge in [0.05, 0.1) is 6.42 Å². The first kappa shape index (κ1) is 26.8. The van der Waals surface area contributed by atoms with Gasteiger partial charge in [-0.3, -0.25) is 14.4 Å². The molecule has 1 atom stereocenters. The highest BCUT2D eigenvalue weighted by atomic mass is 31.2. The highest BCUT2D eigenvalue weighted by Gasteiger charge is 2.26. The van der Waals surface area contributed by atoms with Crippen molar-refractivity contribution in [1.29, 1.82) is 0 Å². The van der Waals surface area contributed by atoms with Crippen molar-refractivity contribution in [2.45, 2.75) is 38.5 Å². The molecule has 9 N–H and O–H groups in total. The number of carbonyl (C=O) groups is 3. The Labute approximate surface area is 154 Å². The average Bonchev–Trinajstić information content (AvgIpc) is 2.96. The van der Waals surface area contributed by atoms with Crippen molar-refractivity contribution in [2.24, 2.45) is 5.73 Å². The lowest BCUT2D eigenvalue weighted by Crippen LogP contribution is -2.17. The van der Waals surface area contributed by atoms with Crippen LogP contribution in [0, 0.1) is 0 Å². The Morgan fingerprint density at radius 2 is 1.85 bits per heavy atom. The normalized spacial score (nSPS) is 11.1. The van der Waals surface area contributed by atoms with Crippen LogP contribution in [0.15, 0.2) is 6.20 Å². The fourth-order valence-corrected chi connectivity index (χ4v) is 1.67. The Kier molecular flexibility index (Phi) is 14.5. The van der Waals surface area contributed by atoms with Gasteiger partial charge in [0.1, 0.15) is 17.6 Å². The van der Waals surface area contributed by atoms with Crippen LogP contribution in [0.5, 0.6) is 0 Å². The molecule has 0 aliphatic heterocycles. The van der Waals surface area contributed by atoms with Gasteiger partial charge in [0.15, 0.2) is 0 Å². The largest absolute Gasteiger partial charge is 0.481 e. The number of H-pyrrole nitrogens is 1. The number of anilines is 1. The third-order valence-electron chi connectivity index (χ3n) is 2.69. The number of carboxylic acid groups (broad SMARTS) is 2. The molecule has 1 aromatic rings. The summed E-state index contributed by atoms with van der Waals surface area (Å²) in [5.74, 6) is -2.81. The number of imidazole rings is 1. The molecule has 0 bridgehead atoms. The van der Waals surface area contributed by atoms with Crippen LogP contribution in [0.2, 0.25) is 0 Å². The second kappa shape index (κ2) is 14.7. The van der Waals surface area contributed by atoms with Crippen LogP contribution in [0.4, 0.5) is 5.82 Å². The van der Waals surface area contributed by atoms with Crippen LogP contribution in [0.1, 0.15) is 44.3 Å². The Bertz CT molecular complexity index is 608. The molecule has 0 saturated heterocycles.